The molecule has 282 valence electrons. The van der Waals surface area contributed by atoms with Crippen LogP contribution in [0.5, 0.6) is 0 Å². The second kappa shape index (κ2) is 17.7. The maximum absolute atomic E-state index is 15.1. The standard InChI is InChI=1S/C29H29B3F7N5O9/c33-22-11-17(32(52)53)3-1-14(22)13-44(27(48)19-6-4-16(31(50)51)10-21(19)29(37,38)39)8-7-23(26(47)41-12-24(45)43-40)42-25(46)18-5-2-15(30-49)9-20(18)28(34,35)36/h1-6,9-11,23,30,49-53H,7-8,12-13,40H2,(H,41,47)(H,42,46)(H,43,45)/t23-/m0/s1. The average molecular weight is 757 g/mol. The Labute approximate surface area is 296 Å². The van der Waals surface area contributed by atoms with E-state index in [2.05, 4.69) is 5.32 Å². The van der Waals surface area contributed by atoms with Crippen LogP contribution < -0.4 is 38.3 Å². The minimum absolute atomic E-state index is 0.223. The van der Waals surface area contributed by atoms with Crippen LogP contribution in [0.3, 0.4) is 0 Å². The first kappa shape index (κ1) is 42.4. The van der Waals surface area contributed by atoms with E-state index in [4.69, 9.17) is 5.84 Å². The zero-order valence-electron chi connectivity index (χ0n) is 27.0. The third-order valence-electron chi connectivity index (χ3n) is 7.61. The molecule has 24 heteroatoms. The Morgan fingerprint density at radius 1 is 0.830 bits per heavy atom. The van der Waals surface area contributed by atoms with E-state index in [1.807, 2.05) is 5.32 Å². The lowest BCUT2D eigenvalue weighted by atomic mass is 9.78. The molecule has 0 aliphatic heterocycles. The molecule has 4 amide bonds. The van der Waals surface area contributed by atoms with E-state index in [0.29, 0.717) is 29.2 Å². The van der Waals surface area contributed by atoms with Crippen LogP contribution in [-0.4, -0.2) is 94.5 Å². The molecule has 0 aliphatic carbocycles. The van der Waals surface area contributed by atoms with Gasteiger partial charge >= 0.3 is 34.1 Å². The van der Waals surface area contributed by atoms with Crippen molar-refractivity contribution in [2.45, 2.75) is 31.4 Å². The van der Waals surface area contributed by atoms with Gasteiger partial charge in [0.15, 0.2) is 0 Å². The fourth-order valence-corrected chi connectivity index (χ4v) is 4.88. The van der Waals surface area contributed by atoms with Crippen molar-refractivity contribution in [3.05, 3.63) is 88.2 Å². The predicted molar refractivity (Wildman–Crippen MR) is 174 cm³/mol. The molecule has 14 nitrogen and oxygen atoms in total. The molecule has 3 rings (SSSR count). The highest BCUT2D eigenvalue weighted by Crippen LogP contribution is 2.33. The molecule has 0 radical (unpaired) electrons. The van der Waals surface area contributed by atoms with Crippen molar-refractivity contribution in [2.75, 3.05) is 13.1 Å². The Morgan fingerprint density at radius 2 is 1.40 bits per heavy atom. The number of amides is 4. The number of nitrogens with one attached hydrogen (secondary N) is 3. The summed E-state index contributed by atoms with van der Waals surface area (Å²) in [6, 6.07) is 4.53. The summed E-state index contributed by atoms with van der Waals surface area (Å²) in [7, 11) is -5.34. The summed E-state index contributed by atoms with van der Waals surface area (Å²) in [6.45, 7) is -2.52. The Balaban J connectivity index is 2.09. The molecule has 0 spiro atoms. The van der Waals surface area contributed by atoms with Gasteiger partial charge in [0.2, 0.25) is 5.91 Å². The summed E-state index contributed by atoms with van der Waals surface area (Å²) in [4.78, 5) is 52.4. The van der Waals surface area contributed by atoms with Crippen molar-refractivity contribution in [1.82, 2.24) is 21.0 Å². The van der Waals surface area contributed by atoms with Crippen molar-refractivity contribution >= 4 is 61.7 Å². The Morgan fingerprint density at radius 3 is 1.94 bits per heavy atom. The van der Waals surface area contributed by atoms with Gasteiger partial charge in [0.05, 0.1) is 28.8 Å². The van der Waals surface area contributed by atoms with Gasteiger partial charge in [-0.3, -0.25) is 24.6 Å². The van der Waals surface area contributed by atoms with Gasteiger partial charge in [-0.1, -0.05) is 35.8 Å². The number of halogens is 7. The molecule has 0 fully saturated rings. The smallest absolute Gasteiger partial charge is 0.449 e. The van der Waals surface area contributed by atoms with Gasteiger partial charge in [-0.05, 0) is 41.6 Å². The number of rotatable bonds is 14. The number of nitrogens with zero attached hydrogens (tertiary/aromatic N) is 1. The molecule has 10 N–H and O–H groups in total. The number of hydrogen-bond acceptors (Lipinski definition) is 10. The van der Waals surface area contributed by atoms with Crippen LogP contribution in [0.2, 0.25) is 0 Å². The number of carbonyl (C=O) groups excluding carboxylic acids is 4. The third kappa shape index (κ3) is 11.2. The van der Waals surface area contributed by atoms with E-state index in [1.165, 1.54) is 0 Å². The normalized spacial score (nSPS) is 12.0. The first-order valence-electron chi connectivity index (χ1n) is 15.1. The lowest BCUT2D eigenvalue weighted by Gasteiger charge is -2.27. The lowest BCUT2D eigenvalue weighted by molar-refractivity contribution is -0.138. The minimum Gasteiger partial charge on any atom is -0.449 e. The topological polar surface area (TPSA) is 235 Å². The predicted octanol–water partition coefficient (Wildman–Crippen LogP) is -2.87. The van der Waals surface area contributed by atoms with Crippen LogP contribution in [0, 0.1) is 5.82 Å². The highest BCUT2D eigenvalue weighted by atomic mass is 19.4. The van der Waals surface area contributed by atoms with E-state index >= 15 is 4.39 Å². The van der Waals surface area contributed by atoms with Crippen molar-refractivity contribution in [3.8, 4) is 0 Å². The van der Waals surface area contributed by atoms with Gasteiger partial charge in [-0.15, -0.1) is 0 Å². The highest BCUT2D eigenvalue weighted by molar-refractivity contribution is 6.59. The van der Waals surface area contributed by atoms with Gasteiger partial charge in [0.25, 0.3) is 17.7 Å². The van der Waals surface area contributed by atoms with Crippen molar-refractivity contribution < 1.29 is 75.0 Å². The maximum atomic E-state index is 15.1. The largest absolute Gasteiger partial charge is 0.488 e. The maximum Gasteiger partial charge on any atom is 0.488 e. The average Bonchev–Trinajstić information content (AvgIpc) is 3.10. The van der Waals surface area contributed by atoms with E-state index < -0.39 is 129 Å². The monoisotopic (exact) mass is 757 g/mol. The van der Waals surface area contributed by atoms with Gasteiger partial charge in [-0.2, -0.15) is 26.3 Å². The SMILES string of the molecule is NNC(=O)CNC(=O)[C@H](CCN(Cc1ccc(B(O)O)cc1F)C(=O)c1ccc(B(O)O)cc1C(F)(F)F)NC(=O)c1ccc(BO)cc1C(F)(F)F. The third-order valence-corrected chi connectivity index (χ3v) is 7.61. The van der Waals surface area contributed by atoms with Gasteiger partial charge < -0.3 is 40.7 Å². The fraction of sp³-hybridized carbons (Fsp3) is 0.241. The Kier molecular flexibility index (Phi) is 14.2. The highest BCUT2D eigenvalue weighted by Gasteiger charge is 2.39. The molecule has 0 saturated heterocycles. The second-order valence-corrected chi connectivity index (χ2v) is 11.3. The van der Waals surface area contributed by atoms with E-state index in [0.717, 1.165) is 24.3 Å². The molecule has 0 saturated carbocycles. The Hall–Kier alpha value is -5.00. The van der Waals surface area contributed by atoms with Crippen LogP contribution in [0.15, 0.2) is 54.6 Å². The summed E-state index contributed by atoms with van der Waals surface area (Å²) < 4.78 is 99.0. The second-order valence-electron chi connectivity index (χ2n) is 11.3. The number of carbonyl (C=O) groups is 4. The van der Waals surface area contributed by atoms with Crippen LogP contribution in [-0.2, 0) is 28.5 Å². The molecule has 0 aromatic heterocycles. The molecular weight excluding hydrogens is 728 g/mol. The fourth-order valence-electron chi connectivity index (χ4n) is 4.88. The van der Waals surface area contributed by atoms with Crippen LogP contribution >= 0.6 is 0 Å². The molecular formula is C29H29B3F7N5O9. The van der Waals surface area contributed by atoms with Crippen LogP contribution in [0.1, 0.15) is 43.8 Å². The van der Waals surface area contributed by atoms with E-state index in [1.54, 1.807) is 5.43 Å². The van der Waals surface area contributed by atoms with Crippen molar-refractivity contribution in [3.63, 3.8) is 0 Å². The van der Waals surface area contributed by atoms with Crippen molar-refractivity contribution in [2.24, 2.45) is 5.84 Å². The molecule has 0 bridgehead atoms. The van der Waals surface area contributed by atoms with Crippen LogP contribution in [0.25, 0.3) is 0 Å². The number of alkyl halides is 6. The zero-order chi connectivity index (χ0) is 39.8. The molecule has 0 unspecified atom stereocenters. The summed E-state index contributed by atoms with van der Waals surface area (Å²) in [5, 5.41) is 50.9. The Bertz CT molecular complexity index is 1840. The first-order chi connectivity index (χ1) is 24.7. The lowest BCUT2D eigenvalue weighted by Crippen LogP contribution is -2.51. The molecule has 3 aromatic carbocycles. The van der Waals surface area contributed by atoms with Crippen LogP contribution in [0.4, 0.5) is 30.7 Å². The summed E-state index contributed by atoms with van der Waals surface area (Å²) >= 11 is 0. The minimum atomic E-state index is -5.27. The molecule has 0 aliphatic rings. The quantitative estimate of drug-likeness (QED) is 0.0268. The summed E-state index contributed by atoms with van der Waals surface area (Å²) in [5.41, 5.74) is -5.21. The summed E-state index contributed by atoms with van der Waals surface area (Å²) in [5.74, 6) is -1.37. The zero-order valence-corrected chi connectivity index (χ0v) is 27.0. The molecule has 1 atom stereocenters. The molecule has 53 heavy (non-hydrogen) atoms. The molecule has 0 heterocycles. The first-order valence-corrected chi connectivity index (χ1v) is 15.1. The van der Waals surface area contributed by atoms with Crippen molar-refractivity contribution in [1.29, 1.82) is 0 Å². The number of hydrogen-bond donors (Lipinski definition) is 9. The van der Waals surface area contributed by atoms with Gasteiger partial charge in [-0.25, -0.2) is 10.2 Å². The number of nitrogens with two attached hydrogens (primary N) is 1. The van der Waals surface area contributed by atoms with Gasteiger partial charge in [0.1, 0.15) is 11.9 Å². The van der Waals surface area contributed by atoms with Gasteiger partial charge in [0, 0.05) is 18.7 Å². The van der Waals surface area contributed by atoms with E-state index in [-0.39, 0.29) is 17.0 Å². The molecule has 3 aromatic rings. The number of benzene rings is 3. The summed E-state index contributed by atoms with van der Waals surface area (Å²) in [6.07, 6.45) is -11.2. The van der Waals surface area contributed by atoms with E-state index in [9.17, 15) is 70.6 Å². The number of hydrazine groups is 1.